The SMILES string of the molecule is NCCCCC(N)C(=O)O.O.O.O.O.[Zn]. The third-order valence-corrected chi connectivity index (χ3v) is 1.29. The molecular formula is C6H22N2O6Zn. The molecule has 0 aliphatic rings. The molecule has 0 amide bonds. The van der Waals surface area contributed by atoms with Crippen LogP contribution >= 0.6 is 0 Å². The van der Waals surface area contributed by atoms with Gasteiger partial charge >= 0.3 is 5.97 Å². The van der Waals surface area contributed by atoms with Crippen LogP contribution in [0.2, 0.25) is 0 Å². The smallest absolute Gasteiger partial charge is 0.320 e. The number of unbranched alkanes of at least 4 members (excludes halogenated alkanes) is 1. The van der Waals surface area contributed by atoms with Crippen molar-refractivity contribution in [2.45, 2.75) is 25.3 Å². The van der Waals surface area contributed by atoms with Gasteiger partial charge in [0, 0.05) is 19.5 Å². The second-order valence-electron chi connectivity index (χ2n) is 2.23. The van der Waals surface area contributed by atoms with Gasteiger partial charge in [-0.15, -0.1) is 0 Å². The van der Waals surface area contributed by atoms with E-state index in [4.69, 9.17) is 16.6 Å². The van der Waals surface area contributed by atoms with Crippen LogP contribution in [0.5, 0.6) is 0 Å². The molecule has 0 saturated carbocycles. The maximum atomic E-state index is 10.1. The van der Waals surface area contributed by atoms with Crippen molar-refractivity contribution in [3.05, 3.63) is 0 Å². The van der Waals surface area contributed by atoms with Gasteiger partial charge in [0.05, 0.1) is 0 Å². The number of aliphatic carboxylic acids is 1. The Bertz CT molecular complexity index is 118. The Morgan fingerprint density at radius 3 is 1.80 bits per heavy atom. The molecule has 94 valence electrons. The third kappa shape index (κ3) is 24.8. The van der Waals surface area contributed by atoms with Crippen molar-refractivity contribution in [2.24, 2.45) is 11.5 Å². The number of carboxylic acids is 1. The van der Waals surface area contributed by atoms with Gasteiger partial charge in [0.15, 0.2) is 0 Å². The number of hydrogen-bond acceptors (Lipinski definition) is 3. The molecule has 1 unspecified atom stereocenters. The third-order valence-electron chi connectivity index (χ3n) is 1.29. The standard InChI is InChI=1S/C6H14N2O2.4H2O.Zn/c7-4-2-1-3-5(8)6(9)10;;;;;/h5H,1-4,7-8H2,(H,9,10);4*1H2;. The van der Waals surface area contributed by atoms with E-state index < -0.39 is 12.0 Å². The predicted molar refractivity (Wildman–Crippen MR) is 53.0 cm³/mol. The van der Waals surface area contributed by atoms with Crippen molar-refractivity contribution in [3.63, 3.8) is 0 Å². The number of carboxylic acid groups (broad SMARTS) is 1. The zero-order valence-corrected chi connectivity index (χ0v) is 11.6. The molecule has 0 aliphatic heterocycles. The summed E-state index contributed by atoms with van der Waals surface area (Å²) < 4.78 is 0. The van der Waals surface area contributed by atoms with E-state index in [1.807, 2.05) is 0 Å². The molecule has 0 saturated heterocycles. The summed E-state index contributed by atoms with van der Waals surface area (Å²) in [6, 6.07) is -0.716. The molecule has 15 heavy (non-hydrogen) atoms. The van der Waals surface area contributed by atoms with Crippen LogP contribution in [0.3, 0.4) is 0 Å². The molecule has 9 heteroatoms. The van der Waals surface area contributed by atoms with Crippen LogP contribution in [-0.4, -0.2) is 45.6 Å². The van der Waals surface area contributed by atoms with E-state index in [1.165, 1.54) is 0 Å². The summed E-state index contributed by atoms with van der Waals surface area (Å²) in [5.74, 6) is -0.933. The van der Waals surface area contributed by atoms with Gasteiger partial charge in [-0.2, -0.15) is 0 Å². The van der Waals surface area contributed by atoms with Crippen molar-refractivity contribution in [1.29, 1.82) is 0 Å². The molecule has 0 bridgehead atoms. The fourth-order valence-electron chi connectivity index (χ4n) is 0.632. The molecule has 13 N–H and O–H groups in total. The quantitative estimate of drug-likeness (QED) is 0.341. The van der Waals surface area contributed by atoms with Gasteiger partial charge in [0.25, 0.3) is 0 Å². The molecule has 1 atom stereocenters. The summed E-state index contributed by atoms with van der Waals surface area (Å²) >= 11 is 0. The van der Waals surface area contributed by atoms with Crippen LogP contribution in [-0.2, 0) is 24.3 Å². The number of nitrogens with two attached hydrogens (primary N) is 2. The number of carbonyl (C=O) groups is 1. The van der Waals surface area contributed by atoms with Gasteiger partial charge < -0.3 is 38.5 Å². The first-order valence-electron chi connectivity index (χ1n) is 3.37. The minimum Gasteiger partial charge on any atom is -0.480 e. The summed E-state index contributed by atoms with van der Waals surface area (Å²) in [6.45, 7) is 0.604. The normalized spacial score (nSPS) is 8.67. The van der Waals surface area contributed by atoms with Crippen molar-refractivity contribution in [2.75, 3.05) is 6.54 Å². The Morgan fingerprint density at radius 2 is 1.53 bits per heavy atom. The molecule has 0 aromatic heterocycles. The average Bonchev–Trinajstić information content (AvgIpc) is 1.88. The summed E-state index contributed by atoms with van der Waals surface area (Å²) in [5, 5.41) is 8.33. The summed E-state index contributed by atoms with van der Waals surface area (Å²) in [5.41, 5.74) is 10.4. The minimum atomic E-state index is -0.933. The fraction of sp³-hybridized carbons (Fsp3) is 0.833. The van der Waals surface area contributed by atoms with Crippen LogP contribution < -0.4 is 11.5 Å². The van der Waals surface area contributed by atoms with Gasteiger partial charge in [-0.25, -0.2) is 0 Å². The second kappa shape index (κ2) is 23.6. The van der Waals surface area contributed by atoms with E-state index in [2.05, 4.69) is 0 Å². The van der Waals surface area contributed by atoms with Gasteiger partial charge in [0.1, 0.15) is 6.04 Å². The molecule has 0 aliphatic carbocycles. The van der Waals surface area contributed by atoms with Gasteiger partial charge in [-0.1, -0.05) is 6.42 Å². The van der Waals surface area contributed by atoms with Crippen LogP contribution in [0.4, 0.5) is 0 Å². The molecule has 0 radical (unpaired) electrons. The molecule has 0 aromatic carbocycles. The maximum Gasteiger partial charge on any atom is 0.320 e. The minimum absolute atomic E-state index is 0. The molecule has 8 nitrogen and oxygen atoms in total. The Kier molecular flexibility index (Phi) is 57.2. The van der Waals surface area contributed by atoms with Crippen molar-refractivity contribution >= 4 is 5.97 Å². The van der Waals surface area contributed by atoms with Crippen molar-refractivity contribution in [3.8, 4) is 0 Å². The first kappa shape index (κ1) is 36.4. The molecule has 0 rings (SSSR count). The first-order valence-corrected chi connectivity index (χ1v) is 3.37. The van der Waals surface area contributed by atoms with E-state index in [1.54, 1.807) is 0 Å². The van der Waals surface area contributed by atoms with E-state index in [9.17, 15) is 4.79 Å². The van der Waals surface area contributed by atoms with E-state index >= 15 is 0 Å². The molecular weight excluding hydrogens is 261 g/mol. The Morgan fingerprint density at radius 1 is 1.13 bits per heavy atom. The van der Waals surface area contributed by atoms with Crippen molar-refractivity contribution < 1.29 is 51.3 Å². The van der Waals surface area contributed by atoms with Crippen LogP contribution in [0.15, 0.2) is 0 Å². The first-order chi connectivity index (χ1) is 4.68. The molecule has 0 spiro atoms. The number of hydrogen-bond donors (Lipinski definition) is 3. The van der Waals surface area contributed by atoms with Crippen LogP contribution in [0.1, 0.15) is 19.3 Å². The van der Waals surface area contributed by atoms with Gasteiger partial charge in [-0.3, -0.25) is 4.79 Å². The second-order valence-corrected chi connectivity index (χ2v) is 2.23. The van der Waals surface area contributed by atoms with E-state index in [-0.39, 0.29) is 41.4 Å². The van der Waals surface area contributed by atoms with Gasteiger partial charge in [-0.05, 0) is 19.4 Å². The monoisotopic (exact) mass is 282 g/mol. The Labute approximate surface area is 101 Å². The van der Waals surface area contributed by atoms with E-state index in [0.717, 1.165) is 12.8 Å². The largest absolute Gasteiger partial charge is 0.480 e. The zero-order valence-electron chi connectivity index (χ0n) is 8.62. The zero-order chi connectivity index (χ0) is 7.98. The average molecular weight is 284 g/mol. The Hall–Kier alpha value is -0.147. The molecule has 0 fully saturated rings. The fourth-order valence-corrected chi connectivity index (χ4v) is 0.632. The maximum absolute atomic E-state index is 10.1. The molecule has 0 heterocycles. The van der Waals surface area contributed by atoms with Crippen molar-refractivity contribution in [1.82, 2.24) is 0 Å². The predicted octanol–water partition coefficient (Wildman–Crippen LogP) is -3.77. The topological polar surface area (TPSA) is 215 Å². The van der Waals surface area contributed by atoms with Crippen LogP contribution in [0, 0.1) is 0 Å². The van der Waals surface area contributed by atoms with E-state index in [0.29, 0.717) is 13.0 Å². The Balaban J connectivity index is -0.0000000405. The summed E-state index contributed by atoms with van der Waals surface area (Å²) in [7, 11) is 0. The van der Waals surface area contributed by atoms with Crippen LogP contribution in [0.25, 0.3) is 0 Å². The number of rotatable bonds is 5. The summed E-state index contributed by atoms with van der Waals surface area (Å²) in [4.78, 5) is 10.1. The molecule has 0 aromatic rings. The summed E-state index contributed by atoms with van der Waals surface area (Å²) in [6.07, 6.45) is 2.16. The van der Waals surface area contributed by atoms with Gasteiger partial charge in [0.2, 0.25) is 0 Å².